The molecule has 92 valence electrons. The summed E-state index contributed by atoms with van der Waals surface area (Å²) in [4.78, 5) is 8.09. The van der Waals surface area contributed by atoms with Crippen molar-refractivity contribution in [2.45, 2.75) is 13.5 Å². The first kappa shape index (κ1) is 12.3. The molecule has 1 aromatic heterocycles. The van der Waals surface area contributed by atoms with E-state index in [1.807, 2.05) is 43.3 Å². The predicted molar refractivity (Wildman–Crippen MR) is 69.2 cm³/mol. The van der Waals surface area contributed by atoms with E-state index >= 15 is 0 Å². The molecule has 18 heavy (non-hydrogen) atoms. The van der Waals surface area contributed by atoms with Gasteiger partial charge in [-0.25, -0.2) is 4.98 Å². The van der Waals surface area contributed by atoms with Crippen molar-refractivity contribution in [3.8, 4) is 11.6 Å². The van der Waals surface area contributed by atoms with Gasteiger partial charge in [0, 0.05) is 5.56 Å². The first-order chi connectivity index (χ1) is 8.83. The molecule has 2 aromatic rings. The third-order valence-electron chi connectivity index (χ3n) is 2.30. The van der Waals surface area contributed by atoms with Gasteiger partial charge >= 0.3 is 0 Å². The second-order valence-corrected chi connectivity index (χ2v) is 3.65. The van der Waals surface area contributed by atoms with Crippen molar-refractivity contribution in [2.75, 3.05) is 0 Å². The Morgan fingerprint density at radius 2 is 2.11 bits per heavy atom. The van der Waals surface area contributed by atoms with Crippen LogP contribution >= 0.6 is 0 Å². The second-order valence-electron chi connectivity index (χ2n) is 3.65. The van der Waals surface area contributed by atoms with Crippen LogP contribution in [0.5, 0.6) is 11.6 Å². The van der Waals surface area contributed by atoms with E-state index in [1.54, 1.807) is 0 Å². The number of para-hydroxylation sites is 1. The number of ether oxygens (including phenoxy) is 1. The van der Waals surface area contributed by atoms with Gasteiger partial charge in [-0.05, 0) is 13.0 Å². The van der Waals surface area contributed by atoms with Crippen LogP contribution < -0.4 is 4.74 Å². The Kier molecular flexibility index (Phi) is 4.04. The summed E-state index contributed by atoms with van der Waals surface area (Å²) in [5.74, 6) is 1.08. The third kappa shape index (κ3) is 2.93. The summed E-state index contributed by atoms with van der Waals surface area (Å²) in [6.45, 7) is 1.80. The number of nitrogens with zero attached hydrogens (tertiary/aromatic N) is 2. The Hall–Kier alpha value is -2.20. The molecule has 0 radical (unpaired) electrons. The molecule has 0 aliphatic heterocycles. The van der Waals surface area contributed by atoms with Crippen LogP contribution in [0.1, 0.15) is 18.2 Å². The van der Waals surface area contributed by atoms with Crippen molar-refractivity contribution in [2.24, 2.45) is 0 Å². The average molecular weight is 242 g/mol. The Morgan fingerprint density at radius 3 is 2.89 bits per heavy atom. The zero-order valence-electron chi connectivity index (χ0n) is 10.1. The standard InChI is InChI=1S/C14H14N2O2/c1-2-5-11-6-3-4-7-13(11)18-14-9-15-8-12(10-17)16-14/h2-9,17H,10H2,1H3. The normalized spacial score (nSPS) is 10.8. The fourth-order valence-electron chi connectivity index (χ4n) is 1.52. The van der Waals surface area contributed by atoms with Gasteiger partial charge in [-0.3, -0.25) is 4.98 Å². The quantitative estimate of drug-likeness (QED) is 0.895. The minimum Gasteiger partial charge on any atom is -0.437 e. The highest BCUT2D eigenvalue weighted by molar-refractivity contribution is 5.57. The van der Waals surface area contributed by atoms with Gasteiger partial charge in [-0.2, -0.15) is 0 Å². The largest absolute Gasteiger partial charge is 0.437 e. The maximum Gasteiger partial charge on any atom is 0.238 e. The summed E-state index contributed by atoms with van der Waals surface area (Å²) >= 11 is 0. The smallest absolute Gasteiger partial charge is 0.238 e. The van der Waals surface area contributed by atoms with Gasteiger partial charge in [-0.1, -0.05) is 30.4 Å². The first-order valence-corrected chi connectivity index (χ1v) is 5.65. The number of rotatable bonds is 4. The van der Waals surface area contributed by atoms with E-state index < -0.39 is 0 Å². The molecule has 4 nitrogen and oxygen atoms in total. The van der Waals surface area contributed by atoms with E-state index in [4.69, 9.17) is 9.84 Å². The number of benzene rings is 1. The number of hydrogen-bond donors (Lipinski definition) is 1. The van der Waals surface area contributed by atoms with Crippen LogP contribution in [-0.4, -0.2) is 15.1 Å². The maximum absolute atomic E-state index is 9.00. The predicted octanol–water partition coefficient (Wildman–Crippen LogP) is 2.79. The maximum atomic E-state index is 9.00. The summed E-state index contributed by atoms with van der Waals surface area (Å²) in [6.07, 6.45) is 6.92. The molecule has 0 bridgehead atoms. The Labute approximate surface area is 106 Å². The van der Waals surface area contributed by atoms with Crippen molar-refractivity contribution < 1.29 is 9.84 Å². The van der Waals surface area contributed by atoms with E-state index in [2.05, 4.69) is 9.97 Å². The summed E-state index contributed by atoms with van der Waals surface area (Å²) in [5.41, 5.74) is 1.45. The number of aliphatic hydroxyl groups is 1. The van der Waals surface area contributed by atoms with Crippen molar-refractivity contribution in [3.05, 3.63) is 54.0 Å². The van der Waals surface area contributed by atoms with E-state index in [0.717, 1.165) is 5.56 Å². The van der Waals surface area contributed by atoms with Crippen LogP contribution in [0.4, 0.5) is 0 Å². The van der Waals surface area contributed by atoms with Crippen molar-refractivity contribution in [1.82, 2.24) is 9.97 Å². The molecular formula is C14H14N2O2. The summed E-state index contributed by atoms with van der Waals surface area (Å²) in [7, 11) is 0. The molecule has 0 amide bonds. The SMILES string of the molecule is CC=Cc1ccccc1Oc1cncc(CO)n1. The van der Waals surface area contributed by atoms with Gasteiger partial charge in [-0.15, -0.1) is 0 Å². The lowest BCUT2D eigenvalue weighted by Gasteiger charge is -2.07. The van der Waals surface area contributed by atoms with Crippen LogP contribution in [0.2, 0.25) is 0 Å². The lowest BCUT2D eigenvalue weighted by atomic mass is 10.2. The van der Waals surface area contributed by atoms with Gasteiger partial charge < -0.3 is 9.84 Å². The molecule has 1 N–H and O–H groups in total. The monoisotopic (exact) mass is 242 g/mol. The molecule has 0 aliphatic carbocycles. The lowest BCUT2D eigenvalue weighted by Crippen LogP contribution is -1.95. The number of hydrogen-bond acceptors (Lipinski definition) is 4. The minimum atomic E-state index is -0.152. The van der Waals surface area contributed by atoms with Crippen LogP contribution in [0, 0.1) is 0 Å². The van der Waals surface area contributed by atoms with Gasteiger partial charge in [0.25, 0.3) is 0 Å². The molecule has 4 heteroatoms. The fourth-order valence-corrected chi connectivity index (χ4v) is 1.52. The van der Waals surface area contributed by atoms with Crippen molar-refractivity contribution >= 4 is 6.08 Å². The molecule has 1 aromatic carbocycles. The topological polar surface area (TPSA) is 55.2 Å². The number of allylic oxidation sites excluding steroid dienone is 1. The van der Waals surface area contributed by atoms with Gasteiger partial charge in [0.2, 0.25) is 5.88 Å². The summed E-state index contributed by atoms with van der Waals surface area (Å²) < 4.78 is 5.67. The third-order valence-corrected chi connectivity index (χ3v) is 2.30. The van der Waals surface area contributed by atoms with Crippen molar-refractivity contribution in [1.29, 1.82) is 0 Å². The highest BCUT2D eigenvalue weighted by atomic mass is 16.5. The molecule has 0 spiro atoms. The van der Waals surface area contributed by atoms with Gasteiger partial charge in [0.1, 0.15) is 5.75 Å². The minimum absolute atomic E-state index is 0.152. The second kappa shape index (κ2) is 5.93. The summed E-state index contributed by atoms with van der Waals surface area (Å²) in [6, 6.07) is 7.66. The lowest BCUT2D eigenvalue weighted by molar-refractivity contribution is 0.274. The van der Waals surface area contributed by atoms with Crippen LogP contribution in [0.15, 0.2) is 42.7 Å². The molecule has 1 heterocycles. The van der Waals surface area contributed by atoms with Crippen LogP contribution in [0.25, 0.3) is 6.08 Å². The average Bonchev–Trinajstić information content (AvgIpc) is 2.41. The molecule has 0 saturated carbocycles. The molecule has 0 fully saturated rings. The van der Waals surface area contributed by atoms with Gasteiger partial charge in [0.05, 0.1) is 24.7 Å². The van der Waals surface area contributed by atoms with E-state index in [-0.39, 0.29) is 6.61 Å². The fraction of sp³-hybridized carbons (Fsp3) is 0.143. The zero-order chi connectivity index (χ0) is 12.8. The summed E-state index contributed by atoms with van der Waals surface area (Å²) in [5, 5.41) is 9.00. The Morgan fingerprint density at radius 1 is 1.28 bits per heavy atom. The van der Waals surface area contributed by atoms with Crippen LogP contribution in [-0.2, 0) is 6.61 Å². The number of aliphatic hydroxyl groups excluding tert-OH is 1. The molecule has 2 rings (SSSR count). The molecule has 0 saturated heterocycles. The van der Waals surface area contributed by atoms with Crippen molar-refractivity contribution in [3.63, 3.8) is 0 Å². The Bertz CT molecular complexity index is 553. The molecule has 0 aliphatic rings. The van der Waals surface area contributed by atoms with E-state index in [9.17, 15) is 0 Å². The number of aromatic nitrogens is 2. The molecule has 0 atom stereocenters. The highest BCUT2D eigenvalue weighted by Crippen LogP contribution is 2.24. The highest BCUT2D eigenvalue weighted by Gasteiger charge is 2.04. The van der Waals surface area contributed by atoms with Gasteiger partial charge in [0.15, 0.2) is 0 Å². The molecular weight excluding hydrogens is 228 g/mol. The Balaban J connectivity index is 2.27. The molecule has 0 unspecified atom stereocenters. The van der Waals surface area contributed by atoms with E-state index in [1.165, 1.54) is 12.4 Å². The van der Waals surface area contributed by atoms with Crippen LogP contribution in [0.3, 0.4) is 0 Å². The van der Waals surface area contributed by atoms with E-state index in [0.29, 0.717) is 17.3 Å². The zero-order valence-corrected chi connectivity index (χ0v) is 10.1. The first-order valence-electron chi connectivity index (χ1n) is 5.65.